The summed E-state index contributed by atoms with van der Waals surface area (Å²) < 4.78 is 5.70. The highest BCUT2D eigenvalue weighted by Crippen LogP contribution is 2.40. The number of benzene rings is 2. The first kappa shape index (κ1) is 12.0. The molecule has 0 saturated heterocycles. The smallest absolute Gasteiger partial charge is 0.124 e. The lowest BCUT2D eigenvalue weighted by Gasteiger charge is -2.12. The number of fused-ring (bicyclic) bond motifs is 1. The molecular weight excluding hydrogens is 246 g/mol. The molecule has 1 heterocycles. The van der Waals surface area contributed by atoms with Crippen molar-refractivity contribution in [3.05, 3.63) is 65.2 Å². The maximum absolute atomic E-state index is 5.70. The van der Waals surface area contributed by atoms with E-state index in [0.29, 0.717) is 6.04 Å². The van der Waals surface area contributed by atoms with Gasteiger partial charge >= 0.3 is 0 Å². The van der Waals surface area contributed by atoms with Gasteiger partial charge in [0, 0.05) is 12.1 Å². The van der Waals surface area contributed by atoms with Gasteiger partial charge in [-0.25, -0.2) is 0 Å². The maximum atomic E-state index is 5.70. The van der Waals surface area contributed by atoms with Crippen molar-refractivity contribution in [2.45, 2.75) is 31.3 Å². The van der Waals surface area contributed by atoms with Crippen LogP contribution in [0.2, 0.25) is 0 Å². The van der Waals surface area contributed by atoms with Gasteiger partial charge in [-0.05, 0) is 36.0 Å². The van der Waals surface area contributed by atoms with Crippen molar-refractivity contribution in [1.82, 2.24) is 5.32 Å². The second-order valence-electron chi connectivity index (χ2n) is 5.80. The summed E-state index contributed by atoms with van der Waals surface area (Å²) in [6.07, 6.45) is 2.74. The molecule has 1 N–H and O–H groups in total. The van der Waals surface area contributed by atoms with E-state index in [4.69, 9.17) is 4.74 Å². The van der Waals surface area contributed by atoms with Crippen LogP contribution in [0.5, 0.6) is 5.75 Å². The Kier molecular flexibility index (Phi) is 2.96. The molecule has 1 aliphatic heterocycles. The quantitative estimate of drug-likeness (QED) is 0.908. The predicted molar refractivity (Wildman–Crippen MR) is 79.9 cm³/mol. The van der Waals surface area contributed by atoms with E-state index in [2.05, 4.69) is 41.7 Å². The molecule has 0 amide bonds. The van der Waals surface area contributed by atoms with E-state index in [1.165, 1.54) is 29.5 Å². The van der Waals surface area contributed by atoms with Gasteiger partial charge in [0.25, 0.3) is 0 Å². The molecule has 2 aromatic rings. The Morgan fingerprint density at radius 3 is 2.60 bits per heavy atom. The van der Waals surface area contributed by atoms with Crippen molar-refractivity contribution < 1.29 is 4.74 Å². The highest BCUT2D eigenvalue weighted by Gasteiger charge is 2.24. The van der Waals surface area contributed by atoms with Crippen molar-refractivity contribution in [3.63, 3.8) is 0 Å². The molecule has 1 atom stereocenters. The second kappa shape index (κ2) is 4.95. The zero-order chi connectivity index (χ0) is 13.4. The van der Waals surface area contributed by atoms with E-state index in [1.807, 2.05) is 12.1 Å². The molecule has 1 unspecified atom stereocenters. The van der Waals surface area contributed by atoms with Gasteiger partial charge < -0.3 is 10.1 Å². The monoisotopic (exact) mass is 265 g/mol. The third-order valence-electron chi connectivity index (χ3n) is 4.28. The van der Waals surface area contributed by atoms with E-state index in [-0.39, 0.29) is 0 Å². The van der Waals surface area contributed by atoms with Crippen LogP contribution in [-0.4, -0.2) is 6.61 Å². The topological polar surface area (TPSA) is 21.3 Å². The van der Waals surface area contributed by atoms with E-state index in [9.17, 15) is 0 Å². The lowest BCUT2D eigenvalue weighted by Crippen LogP contribution is -2.21. The fourth-order valence-electron chi connectivity index (χ4n) is 2.90. The number of nitrogens with one attached hydrogen (secondary N) is 1. The summed E-state index contributed by atoms with van der Waals surface area (Å²) in [7, 11) is 0. The Hall–Kier alpha value is -1.80. The average molecular weight is 265 g/mol. The summed E-state index contributed by atoms with van der Waals surface area (Å²) in [5, 5.41) is 3.59. The summed E-state index contributed by atoms with van der Waals surface area (Å²) in [4.78, 5) is 0. The molecule has 0 aromatic heterocycles. The normalized spacial score (nSPS) is 20.5. The third-order valence-corrected chi connectivity index (χ3v) is 4.28. The van der Waals surface area contributed by atoms with Gasteiger partial charge in [-0.3, -0.25) is 0 Å². The molecule has 102 valence electrons. The molecule has 2 heteroatoms. The fraction of sp³-hybridized carbons (Fsp3) is 0.333. The number of para-hydroxylation sites is 1. The molecule has 4 rings (SSSR count). The van der Waals surface area contributed by atoms with Crippen molar-refractivity contribution in [3.8, 4) is 5.75 Å². The minimum atomic E-state index is 0.314. The van der Waals surface area contributed by atoms with Crippen molar-refractivity contribution >= 4 is 0 Å². The van der Waals surface area contributed by atoms with Crippen molar-refractivity contribution in [2.24, 2.45) is 0 Å². The Labute approximate surface area is 119 Å². The minimum absolute atomic E-state index is 0.314. The van der Waals surface area contributed by atoms with Crippen LogP contribution >= 0.6 is 0 Å². The molecule has 20 heavy (non-hydrogen) atoms. The number of hydrogen-bond acceptors (Lipinski definition) is 2. The summed E-state index contributed by atoms with van der Waals surface area (Å²) in [5.74, 6) is 1.86. The van der Waals surface area contributed by atoms with Crippen LogP contribution in [0, 0.1) is 0 Å². The molecule has 1 fully saturated rings. The van der Waals surface area contributed by atoms with Gasteiger partial charge in [-0.2, -0.15) is 0 Å². The summed E-state index contributed by atoms with van der Waals surface area (Å²) in [6.45, 7) is 1.63. The Morgan fingerprint density at radius 2 is 1.80 bits per heavy atom. The number of rotatable bonds is 4. The molecular formula is C18H19NO. The van der Waals surface area contributed by atoms with Gasteiger partial charge in [0.15, 0.2) is 0 Å². The van der Waals surface area contributed by atoms with Crippen LogP contribution in [0.25, 0.3) is 0 Å². The molecule has 1 aliphatic carbocycles. The van der Waals surface area contributed by atoms with E-state index >= 15 is 0 Å². The SMILES string of the molecule is c1ccc2c(c1)OCC2NCc1ccc(C2CC2)cc1. The minimum Gasteiger partial charge on any atom is -0.491 e. The van der Waals surface area contributed by atoms with Crippen LogP contribution in [0.1, 0.15) is 41.5 Å². The van der Waals surface area contributed by atoms with Crippen LogP contribution < -0.4 is 10.1 Å². The summed E-state index contributed by atoms with van der Waals surface area (Å²) in [6, 6.07) is 17.7. The van der Waals surface area contributed by atoms with Crippen LogP contribution in [0.4, 0.5) is 0 Å². The highest BCUT2D eigenvalue weighted by atomic mass is 16.5. The third kappa shape index (κ3) is 2.32. The molecule has 2 nitrogen and oxygen atoms in total. The van der Waals surface area contributed by atoms with E-state index in [1.54, 1.807) is 0 Å². The molecule has 2 aromatic carbocycles. The summed E-state index contributed by atoms with van der Waals surface area (Å²) in [5.41, 5.74) is 4.13. The van der Waals surface area contributed by atoms with Crippen LogP contribution in [0.15, 0.2) is 48.5 Å². The first-order valence-electron chi connectivity index (χ1n) is 7.44. The molecule has 0 spiro atoms. The molecule has 1 saturated carbocycles. The van der Waals surface area contributed by atoms with Crippen molar-refractivity contribution in [2.75, 3.05) is 6.61 Å². The van der Waals surface area contributed by atoms with Gasteiger partial charge in [-0.1, -0.05) is 42.5 Å². The van der Waals surface area contributed by atoms with Crippen LogP contribution in [0.3, 0.4) is 0 Å². The largest absolute Gasteiger partial charge is 0.491 e. The maximum Gasteiger partial charge on any atom is 0.124 e. The predicted octanol–water partition coefficient (Wildman–Crippen LogP) is 3.79. The van der Waals surface area contributed by atoms with Gasteiger partial charge in [0.05, 0.1) is 6.04 Å². The lowest BCUT2D eigenvalue weighted by atomic mass is 10.1. The second-order valence-corrected chi connectivity index (χ2v) is 5.80. The Balaban J connectivity index is 1.41. The standard InChI is InChI=1S/C18H19NO/c1-2-4-18-16(3-1)17(12-20-18)19-11-13-5-7-14(8-6-13)15-9-10-15/h1-8,15,17,19H,9-12H2. The zero-order valence-corrected chi connectivity index (χ0v) is 11.5. The molecule has 0 bridgehead atoms. The van der Waals surface area contributed by atoms with Gasteiger partial charge in [-0.15, -0.1) is 0 Å². The van der Waals surface area contributed by atoms with Crippen LogP contribution in [-0.2, 0) is 6.54 Å². The summed E-state index contributed by atoms with van der Waals surface area (Å²) >= 11 is 0. The number of ether oxygens (including phenoxy) is 1. The first-order valence-corrected chi connectivity index (χ1v) is 7.44. The lowest BCUT2D eigenvalue weighted by molar-refractivity contribution is 0.310. The molecule has 2 aliphatic rings. The number of hydrogen-bond donors (Lipinski definition) is 1. The van der Waals surface area contributed by atoms with E-state index < -0.39 is 0 Å². The van der Waals surface area contributed by atoms with Gasteiger partial charge in [0.1, 0.15) is 12.4 Å². The van der Waals surface area contributed by atoms with E-state index in [0.717, 1.165) is 24.8 Å². The van der Waals surface area contributed by atoms with Gasteiger partial charge in [0.2, 0.25) is 0 Å². The zero-order valence-electron chi connectivity index (χ0n) is 11.5. The Morgan fingerprint density at radius 1 is 1.00 bits per heavy atom. The first-order chi connectivity index (χ1) is 9.90. The average Bonchev–Trinajstić information content (AvgIpc) is 3.27. The van der Waals surface area contributed by atoms with Crippen molar-refractivity contribution in [1.29, 1.82) is 0 Å². The highest BCUT2D eigenvalue weighted by molar-refractivity contribution is 5.39. The molecule has 0 radical (unpaired) electrons. The Bertz CT molecular complexity index is 601. The fourth-order valence-corrected chi connectivity index (χ4v) is 2.90.